The Bertz CT molecular complexity index is 1320. The highest BCUT2D eigenvalue weighted by Crippen LogP contribution is 2.36. The van der Waals surface area contributed by atoms with Gasteiger partial charge in [0.15, 0.2) is 13.0 Å². The van der Waals surface area contributed by atoms with Crippen molar-refractivity contribution < 1.29 is 45.7 Å². The van der Waals surface area contributed by atoms with Gasteiger partial charge in [0, 0.05) is 13.0 Å². The molecule has 1 heterocycles. The largest absolute Gasteiger partial charge is 0.497 e. The van der Waals surface area contributed by atoms with Gasteiger partial charge in [-0.05, 0) is 59.6 Å². The van der Waals surface area contributed by atoms with Crippen LogP contribution in [0.15, 0.2) is 48.8 Å². The van der Waals surface area contributed by atoms with Gasteiger partial charge in [0.05, 0.1) is 37.2 Å². The number of aliphatic carboxylic acids is 1. The maximum Gasteiger partial charge on any atom is 0.416 e. The van der Waals surface area contributed by atoms with Gasteiger partial charge in [0.2, 0.25) is 5.95 Å². The zero-order chi connectivity index (χ0) is 31.1. The Kier molecular flexibility index (Phi) is 10.7. The fourth-order valence-corrected chi connectivity index (χ4v) is 4.15. The van der Waals surface area contributed by atoms with Crippen LogP contribution >= 0.6 is 0 Å². The average Bonchev–Trinajstić information content (AvgIpc) is 2.92. The van der Waals surface area contributed by atoms with Crippen LogP contribution in [0.4, 0.5) is 32.3 Å². The van der Waals surface area contributed by atoms with Crippen LogP contribution < -0.4 is 19.8 Å². The van der Waals surface area contributed by atoms with Gasteiger partial charge in [-0.15, -0.1) is 0 Å². The number of rotatable bonds is 13. The molecule has 0 aliphatic carbocycles. The van der Waals surface area contributed by atoms with E-state index in [2.05, 4.69) is 9.97 Å². The molecular formula is C28H30BF6N3O4. The van der Waals surface area contributed by atoms with Crippen molar-refractivity contribution in [2.24, 2.45) is 0 Å². The van der Waals surface area contributed by atoms with Crippen molar-refractivity contribution in [3.8, 4) is 11.5 Å². The maximum atomic E-state index is 13.5. The predicted molar refractivity (Wildman–Crippen MR) is 146 cm³/mol. The van der Waals surface area contributed by atoms with Crippen LogP contribution in [0.25, 0.3) is 0 Å². The third kappa shape index (κ3) is 9.28. The van der Waals surface area contributed by atoms with E-state index < -0.39 is 29.4 Å². The molecule has 0 bridgehead atoms. The van der Waals surface area contributed by atoms with E-state index in [4.69, 9.17) is 14.6 Å². The molecule has 0 fully saturated rings. The molecule has 0 amide bonds. The van der Waals surface area contributed by atoms with Crippen molar-refractivity contribution in [1.82, 2.24) is 9.97 Å². The number of anilines is 1. The fraction of sp³-hybridized carbons (Fsp3) is 0.393. The number of halogens is 6. The van der Waals surface area contributed by atoms with E-state index in [0.29, 0.717) is 25.2 Å². The van der Waals surface area contributed by atoms with Crippen LogP contribution in [0.3, 0.4) is 0 Å². The van der Waals surface area contributed by atoms with E-state index in [1.165, 1.54) is 24.4 Å². The first kappa shape index (κ1) is 32.5. The number of aromatic nitrogens is 2. The Morgan fingerprint density at radius 1 is 1.00 bits per heavy atom. The summed E-state index contributed by atoms with van der Waals surface area (Å²) < 4.78 is 91.9. The second kappa shape index (κ2) is 13.8. The van der Waals surface area contributed by atoms with Gasteiger partial charge in [0.25, 0.3) is 0 Å². The SMILES string of the molecule is COc1ccc(C(C)C)cc1BCN(Cc1cc(C(F)(F)F)cc(C(F)(F)F)c1)c1ncc(OCCCC(=O)O)cn1. The molecule has 1 aromatic heterocycles. The summed E-state index contributed by atoms with van der Waals surface area (Å²) in [7, 11) is 1.83. The molecule has 0 radical (unpaired) electrons. The van der Waals surface area contributed by atoms with Crippen LogP contribution in [0.5, 0.6) is 11.5 Å². The van der Waals surface area contributed by atoms with E-state index in [0.717, 1.165) is 11.0 Å². The Hall–Kier alpha value is -3.97. The molecule has 0 aliphatic heterocycles. The Balaban J connectivity index is 1.94. The fourth-order valence-electron chi connectivity index (χ4n) is 4.15. The summed E-state index contributed by atoms with van der Waals surface area (Å²) in [6.45, 7) is 3.78. The number of hydrogen-bond donors (Lipinski definition) is 1. The van der Waals surface area contributed by atoms with Crippen LogP contribution in [0.1, 0.15) is 54.9 Å². The first-order valence-corrected chi connectivity index (χ1v) is 13.0. The second-order valence-corrected chi connectivity index (χ2v) is 9.88. The molecule has 0 atom stereocenters. The number of carboxylic acids is 1. The lowest BCUT2D eigenvalue weighted by Gasteiger charge is -2.24. The van der Waals surface area contributed by atoms with E-state index in [1.807, 2.05) is 32.0 Å². The molecule has 0 saturated heterocycles. The number of alkyl halides is 6. The van der Waals surface area contributed by atoms with Crippen molar-refractivity contribution >= 4 is 24.7 Å². The highest BCUT2D eigenvalue weighted by molar-refractivity contribution is 6.55. The lowest BCUT2D eigenvalue weighted by atomic mass is 9.68. The van der Waals surface area contributed by atoms with Crippen LogP contribution in [0.2, 0.25) is 0 Å². The number of benzene rings is 2. The molecule has 3 aromatic rings. The monoisotopic (exact) mass is 597 g/mol. The summed E-state index contributed by atoms with van der Waals surface area (Å²) in [5, 5.41) is 8.74. The van der Waals surface area contributed by atoms with Crippen molar-refractivity contribution in [3.63, 3.8) is 0 Å². The van der Waals surface area contributed by atoms with Crippen molar-refractivity contribution in [1.29, 1.82) is 0 Å². The Labute approximate surface area is 239 Å². The van der Waals surface area contributed by atoms with Gasteiger partial charge in [-0.3, -0.25) is 4.79 Å². The van der Waals surface area contributed by atoms with Gasteiger partial charge in [-0.2, -0.15) is 26.3 Å². The number of nitrogens with zero attached hydrogens (tertiary/aromatic N) is 3. The summed E-state index contributed by atoms with van der Waals surface area (Å²) in [5.41, 5.74) is -1.22. The Morgan fingerprint density at radius 3 is 2.14 bits per heavy atom. The quantitative estimate of drug-likeness (QED) is 0.156. The zero-order valence-electron chi connectivity index (χ0n) is 23.2. The molecule has 7 nitrogen and oxygen atoms in total. The van der Waals surface area contributed by atoms with E-state index >= 15 is 0 Å². The normalized spacial score (nSPS) is 11.9. The molecule has 0 unspecified atom stereocenters. The molecule has 226 valence electrons. The molecule has 1 N–H and O–H groups in total. The van der Waals surface area contributed by atoms with Crippen molar-refractivity contribution in [2.75, 3.05) is 25.1 Å². The standard InChI is InChI=1S/C28H30BF6N3O4/c1-17(2)19-6-7-24(41-3)23(11-19)29-16-38(26-36-13-22(14-37-26)42-8-4-5-25(39)40)15-18-9-20(27(30,31)32)12-21(10-18)28(33,34)35/h6-7,9-14,17,29H,4-5,8,15-16H2,1-3H3,(H,39,40). The smallest absolute Gasteiger partial charge is 0.416 e. The topological polar surface area (TPSA) is 84.8 Å². The molecule has 0 aliphatic rings. The Morgan fingerprint density at radius 2 is 1.62 bits per heavy atom. The molecule has 3 rings (SSSR count). The van der Waals surface area contributed by atoms with Gasteiger partial charge >= 0.3 is 18.3 Å². The van der Waals surface area contributed by atoms with Gasteiger partial charge in [-0.1, -0.05) is 26.0 Å². The minimum absolute atomic E-state index is 0.0536. The third-order valence-corrected chi connectivity index (χ3v) is 6.34. The van der Waals surface area contributed by atoms with E-state index in [9.17, 15) is 31.1 Å². The molecule has 0 spiro atoms. The van der Waals surface area contributed by atoms with Gasteiger partial charge in [0.1, 0.15) is 5.75 Å². The second-order valence-electron chi connectivity index (χ2n) is 9.88. The highest BCUT2D eigenvalue weighted by Gasteiger charge is 2.37. The first-order chi connectivity index (χ1) is 19.7. The molecule has 0 saturated carbocycles. The number of carboxylic acid groups (broad SMARTS) is 1. The summed E-state index contributed by atoms with van der Waals surface area (Å²) in [4.78, 5) is 20.6. The van der Waals surface area contributed by atoms with Crippen LogP contribution in [-0.2, 0) is 23.7 Å². The van der Waals surface area contributed by atoms with Crippen LogP contribution in [0, 0.1) is 0 Å². The number of methoxy groups -OCH3 is 1. The summed E-state index contributed by atoms with van der Waals surface area (Å²) in [6.07, 6.45) is -7.06. The summed E-state index contributed by atoms with van der Waals surface area (Å²) >= 11 is 0. The summed E-state index contributed by atoms with van der Waals surface area (Å²) in [6, 6.07) is 7.13. The number of carbonyl (C=O) groups is 1. The molecule has 14 heteroatoms. The zero-order valence-corrected chi connectivity index (χ0v) is 23.2. The first-order valence-electron chi connectivity index (χ1n) is 13.0. The van der Waals surface area contributed by atoms with Crippen LogP contribution in [-0.4, -0.2) is 48.5 Å². The molecule has 42 heavy (non-hydrogen) atoms. The number of ether oxygens (including phenoxy) is 2. The van der Waals surface area contributed by atoms with Gasteiger partial charge in [-0.25, -0.2) is 9.97 Å². The average molecular weight is 597 g/mol. The third-order valence-electron chi connectivity index (χ3n) is 6.34. The minimum Gasteiger partial charge on any atom is -0.497 e. The van der Waals surface area contributed by atoms with E-state index in [1.54, 1.807) is 0 Å². The van der Waals surface area contributed by atoms with Gasteiger partial charge < -0.3 is 19.5 Å². The molecule has 2 aromatic carbocycles. The van der Waals surface area contributed by atoms with E-state index in [-0.39, 0.29) is 61.7 Å². The lowest BCUT2D eigenvalue weighted by molar-refractivity contribution is -0.143. The number of hydrogen-bond acceptors (Lipinski definition) is 6. The molecular weight excluding hydrogens is 567 g/mol. The predicted octanol–water partition coefficient (Wildman–Crippen LogP) is 5.62. The van der Waals surface area contributed by atoms with Crippen molar-refractivity contribution in [3.05, 3.63) is 71.0 Å². The lowest BCUT2D eigenvalue weighted by Crippen LogP contribution is -2.35. The maximum absolute atomic E-state index is 13.5. The summed E-state index contributed by atoms with van der Waals surface area (Å²) in [5.74, 6) is 0.109. The highest BCUT2D eigenvalue weighted by atomic mass is 19.4. The van der Waals surface area contributed by atoms with Crippen molar-refractivity contribution in [2.45, 2.75) is 51.5 Å². The minimum atomic E-state index is -4.98.